The molecule has 1 heterocycles. The molecule has 2 N–H and O–H groups in total. The van der Waals surface area contributed by atoms with Crippen LogP contribution in [-0.4, -0.2) is 27.0 Å². The predicted octanol–water partition coefficient (Wildman–Crippen LogP) is 1.45. The van der Waals surface area contributed by atoms with Crippen LogP contribution < -0.4 is 5.32 Å². The Morgan fingerprint density at radius 3 is 3.12 bits per heavy atom. The highest BCUT2D eigenvalue weighted by Crippen LogP contribution is 2.31. The first kappa shape index (κ1) is 12.6. The average molecular weight is 237 g/mol. The van der Waals surface area contributed by atoms with E-state index >= 15 is 0 Å². The molecule has 2 unspecified atom stereocenters. The molecule has 2 atom stereocenters. The molecule has 1 aliphatic rings. The second kappa shape index (κ2) is 5.19. The Kier molecular flexibility index (Phi) is 3.84. The van der Waals surface area contributed by atoms with E-state index in [0.29, 0.717) is 12.5 Å². The van der Waals surface area contributed by atoms with Crippen molar-refractivity contribution in [3.63, 3.8) is 0 Å². The molecule has 1 aromatic rings. The van der Waals surface area contributed by atoms with Crippen molar-refractivity contribution in [1.29, 1.82) is 0 Å². The fourth-order valence-electron chi connectivity index (χ4n) is 2.77. The maximum Gasteiger partial charge on any atom is 0.0774 e. The van der Waals surface area contributed by atoms with Crippen molar-refractivity contribution in [3.05, 3.63) is 18.0 Å². The lowest BCUT2D eigenvalue weighted by Crippen LogP contribution is -2.43. The zero-order chi connectivity index (χ0) is 12.3. The summed E-state index contributed by atoms with van der Waals surface area (Å²) in [5.41, 5.74) is 0.520. The van der Waals surface area contributed by atoms with E-state index in [1.165, 1.54) is 6.42 Å². The van der Waals surface area contributed by atoms with Gasteiger partial charge in [0.2, 0.25) is 0 Å². The number of aromatic nitrogens is 2. The van der Waals surface area contributed by atoms with Crippen LogP contribution >= 0.6 is 0 Å². The molecule has 0 radical (unpaired) electrons. The number of rotatable bonds is 4. The molecule has 1 fully saturated rings. The van der Waals surface area contributed by atoms with Gasteiger partial charge in [-0.15, -0.1) is 0 Å². The van der Waals surface area contributed by atoms with Gasteiger partial charge in [-0.2, -0.15) is 5.10 Å². The highest BCUT2D eigenvalue weighted by Gasteiger charge is 2.31. The van der Waals surface area contributed by atoms with Gasteiger partial charge in [0.15, 0.2) is 0 Å². The summed E-state index contributed by atoms with van der Waals surface area (Å²) in [7, 11) is 1.92. The molecule has 1 aliphatic carbocycles. The molecule has 0 aliphatic heterocycles. The van der Waals surface area contributed by atoms with Gasteiger partial charge in [0.1, 0.15) is 0 Å². The van der Waals surface area contributed by atoms with E-state index in [0.717, 1.165) is 31.5 Å². The molecular formula is C13H23N3O. The monoisotopic (exact) mass is 237 g/mol. The van der Waals surface area contributed by atoms with Crippen molar-refractivity contribution in [2.24, 2.45) is 13.0 Å². The van der Waals surface area contributed by atoms with Crippen molar-refractivity contribution < 1.29 is 5.11 Å². The third kappa shape index (κ3) is 3.54. The first-order chi connectivity index (χ1) is 8.07. The maximum atomic E-state index is 10.4. The Morgan fingerprint density at radius 1 is 1.65 bits per heavy atom. The summed E-state index contributed by atoms with van der Waals surface area (Å²) >= 11 is 0. The first-order valence-corrected chi connectivity index (χ1v) is 6.49. The van der Waals surface area contributed by atoms with Crippen LogP contribution in [0, 0.1) is 5.92 Å². The lowest BCUT2D eigenvalue weighted by Gasteiger charge is -2.35. The largest absolute Gasteiger partial charge is 0.389 e. The quantitative estimate of drug-likeness (QED) is 0.833. The van der Waals surface area contributed by atoms with E-state index in [1.807, 2.05) is 19.3 Å². The Morgan fingerprint density at radius 2 is 2.47 bits per heavy atom. The fraction of sp³-hybridized carbons (Fsp3) is 0.769. The van der Waals surface area contributed by atoms with E-state index in [4.69, 9.17) is 0 Å². The Balaban J connectivity index is 1.77. The minimum absolute atomic E-state index is 0.507. The summed E-state index contributed by atoms with van der Waals surface area (Å²) in [6.07, 6.45) is 6.18. The van der Waals surface area contributed by atoms with Gasteiger partial charge in [-0.25, -0.2) is 0 Å². The van der Waals surface area contributed by atoms with Crippen LogP contribution in [0.2, 0.25) is 0 Å². The van der Waals surface area contributed by atoms with Crippen LogP contribution in [0.3, 0.4) is 0 Å². The van der Waals surface area contributed by atoms with Gasteiger partial charge in [0.05, 0.1) is 11.3 Å². The zero-order valence-electron chi connectivity index (χ0n) is 10.8. The fourth-order valence-corrected chi connectivity index (χ4v) is 2.77. The van der Waals surface area contributed by atoms with Gasteiger partial charge < -0.3 is 10.4 Å². The van der Waals surface area contributed by atoms with E-state index in [1.54, 1.807) is 4.68 Å². The topological polar surface area (TPSA) is 50.1 Å². The number of hydrogen-bond acceptors (Lipinski definition) is 3. The Bertz CT molecular complexity index is 363. The van der Waals surface area contributed by atoms with Crippen molar-refractivity contribution in [2.45, 2.75) is 44.8 Å². The van der Waals surface area contributed by atoms with Gasteiger partial charge in [-0.05, 0) is 24.8 Å². The van der Waals surface area contributed by atoms with Crippen LogP contribution in [-0.2, 0) is 13.6 Å². The van der Waals surface area contributed by atoms with Gasteiger partial charge in [0.25, 0.3) is 0 Å². The second-order valence-electron chi connectivity index (χ2n) is 5.51. The van der Waals surface area contributed by atoms with Gasteiger partial charge in [-0.1, -0.05) is 19.8 Å². The first-order valence-electron chi connectivity index (χ1n) is 6.49. The van der Waals surface area contributed by atoms with Gasteiger partial charge >= 0.3 is 0 Å². The second-order valence-corrected chi connectivity index (χ2v) is 5.51. The van der Waals surface area contributed by atoms with Gasteiger partial charge in [-0.3, -0.25) is 4.68 Å². The number of hydrogen-bond donors (Lipinski definition) is 2. The SMILES string of the molecule is CC1CCCC(O)(CNCc2ccn(C)n2)C1. The third-order valence-electron chi connectivity index (χ3n) is 3.60. The number of aryl methyl sites for hydroxylation is 1. The maximum absolute atomic E-state index is 10.4. The molecular weight excluding hydrogens is 214 g/mol. The smallest absolute Gasteiger partial charge is 0.0774 e. The summed E-state index contributed by atoms with van der Waals surface area (Å²) in [6, 6.07) is 2.00. The summed E-state index contributed by atoms with van der Waals surface area (Å²) < 4.78 is 1.80. The van der Waals surface area contributed by atoms with Crippen molar-refractivity contribution in [1.82, 2.24) is 15.1 Å². The molecule has 4 nitrogen and oxygen atoms in total. The molecule has 2 rings (SSSR count). The molecule has 96 valence electrons. The minimum Gasteiger partial charge on any atom is -0.389 e. The summed E-state index contributed by atoms with van der Waals surface area (Å²) in [6.45, 7) is 3.63. The van der Waals surface area contributed by atoms with Crippen LogP contribution in [0.15, 0.2) is 12.3 Å². The third-order valence-corrected chi connectivity index (χ3v) is 3.60. The van der Waals surface area contributed by atoms with E-state index < -0.39 is 5.60 Å². The van der Waals surface area contributed by atoms with Crippen LogP contribution in [0.4, 0.5) is 0 Å². The highest BCUT2D eigenvalue weighted by molar-refractivity contribution is 4.98. The van der Waals surface area contributed by atoms with Crippen molar-refractivity contribution in [3.8, 4) is 0 Å². The molecule has 1 aromatic heterocycles. The normalized spacial score (nSPS) is 29.5. The molecule has 1 saturated carbocycles. The lowest BCUT2D eigenvalue weighted by atomic mass is 9.79. The number of nitrogens with zero attached hydrogens (tertiary/aromatic N) is 2. The van der Waals surface area contributed by atoms with E-state index in [-0.39, 0.29) is 0 Å². The molecule has 0 spiro atoms. The lowest BCUT2D eigenvalue weighted by molar-refractivity contribution is -0.0119. The number of aliphatic hydroxyl groups is 1. The minimum atomic E-state index is -0.507. The van der Waals surface area contributed by atoms with Crippen LogP contribution in [0.25, 0.3) is 0 Å². The molecule has 4 heteroatoms. The highest BCUT2D eigenvalue weighted by atomic mass is 16.3. The van der Waals surface area contributed by atoms with Crippen LogP contribution in [0.5, 0.6) is 0 Å². The average Bonchev–Trinajstić information content (AvgIpc) is 2.63. The molecule has 17 heavy (non-hydrogen) atoms. The molecule has 0 aromatic carbocycles. The molecule has 0 saturated heterocycles. The Labute approximate surface area is 103 Å². The zero-order valence-corrected chi connectivity index (χ0v) is 10.8. The van der Waals surface area contributed by atoms with E-state index in [9.17, 15) is 5.11 Å². The molecule has 0 bridgehead atoms. The Hall–Kier alpha value is -0.870. The van der Waals surface area contributed by atoms with Crippen molar-refractivity contribution >= 4 is 0 Å². The summed E-state index contributed by atoms with van der Waals surface area (Å²) in [5.74, 6) is 0.644. The molecule has 0 amide bonds. The van der Waals surface area contributed by atoms with Gasteiger partial charge in [0, 0.05) is 26.3 Å². The number of nitrogens with one attached hydrogen (secondary N) is 1. The van der Waals surface area contributed by atoms with Crippen LogP contribution in [0.1, 0.15) is 38.3 Å². The predicted molar refractivity (Wildman–Crippen MR) is 67.5 cm³/mol. The summed E-state index contributed by atoms with van der Waals surface area (Å²) in [5, 5.41) is 18.1. The van der Waals surface area contributed by atoms with Crippen molar-refractivity contribution in [2.75, 3.05) is 6.54 Å². The van der Waals surface area contributed by atoms with E-state index in [2.05, 4.69) is 17.3 Å². The standard InChI is InChI=1S/C13H23N3O/c1-11-4-3-6-13(17,8-11)10-14-9-12-5-7-16(2)15-12/h5,7,11,14,17H,3-4,6,8-10H2,1-2H3. The summed E-state index contributed by atoms with van der Waals surface area (Å²) in [4.78, 5) is 0.